The third-order valence-corrected chi connectivity index (χ3v) is 5.63. The number of anilines is 2. The molecule has 1 aliphatic heterocycles. The third-order valence-electron chi connectivity index (χ3n) is 4.26. The number of nitrogens with zero attached hydrogens (tertiary/aromatic N) is 3. The molecule has 1 aromatic heterocycles. The second-order valence-corrected chi connectivity index (χ2v) is 8.94. The van der Waals surface area contributed by atoms with Crippen LogP contribution in [0.25, 0.3) is 0 Å². The van der Waals surface area contributed by atoms with E-state index in [0.717, 1.165) is 18.7 Å². The molecule has 8 heteroatoms. The second kappa shape index (κ2) is 7.20. The van der Waals surface area contributed by atoms with Crippen molar-refractivity contribution in [2.75, 3.05) is 35.9 Å². The van der Waals surface area contributed by atoms with Gasteiger partial charge in [-0.2, -0.15) is 0 Å². The van der Waals surface area contributed by atoms with Gasteiger partial charge in [0.15, 0.2) is 11.6 Å². The maximum Gasteiger partial charge on any atom is 0.263 e. The van der Waals surface area contributed by atoms with E-state index in [1.807, 2.05) is 12.1 Å². The zero-order valence-corrected chi connectivity index (χ0v) is 16.1. The average molecular weight is 376 g/mol. The van der Waals surface area contributed by atoms with E-state index in [-0.39, 0.29) is 16.1 Å². The highest BCUT2D eigenvalue weighted by molar-refractivity contribution is 7.92. The van der Waals surface area contributed by atoms with Crippen molar-refractivity contribution in [1.82, 2.24) is 10.2 Å². The molecule has 140 valence electrons. The number of benzene rings is 1. The van der Waals surface area contributed by atoms with Gasteiger partial charge >= 0.3 is 0 Å². The maximum absolute atomic E-state index is 12.5. The normalized spacial score (nSPS) is 15.7. The lowest BCUT2D eigenvalue weighted by molar-refractivity contribution is 0.122. The summed E-state index contributed by atoms with van der Waals surface area (Å²) in [4.78, 5) is 2.25. The lowest BCUT2D eigenvalue weighted by Gasteiger charge is -2.27. The van der Waals surface area contributed by atoms with Crippen molar-refractivity contribution in [3.8, 4) is 0 Å². The van der Waals surface area contributed by atoms with Gasteiger partial charge in [-0.1, -0.05) is 32.9 Å². The standard InChI is InChI=1S/C18H24N4O3S/c1-18(2,3)14-4-6-15(7-5-14)26(23,24)21-16-8-9-17(20-19-16)22-10-12-25-13-11-22/h4-9H,10-13H2,1-3H3,(H,19,21). The molecule has 1 aliphatic rings. The zero-order chi connectivity index (χ0) is 18.8. The van der Waals surface area contributed by atoms with Crippen LogP contribution >= 0.6 is 0 Å². The van der Waals surface area contributed by atoms with E-state index in [4.69, 9.17) is 4.74 Å². The molecular weight excluding hydrogens is 352 g/mol. The van der Waals surface area contributed by atoms with Gasteiger partial charge in [0.1, 0.15) is 0 Å². The van der Waals surface area contributed by atoms with Crippen molar-refractivity contribution in [2.45, 2.75) is 31.1 Å². The molecule has 0 bridgehead atoms. The summed E-state index contributed by atoms with van der Waals surface area (Å²) in [6, 6.07) is 10.3. The number of sulfonamides is 1. The number of rotatable bonds is 4. The molecule has 2 heterocycles. The lowest BCUT2D eigenvalue weighted by Crippen LogP contribution is -2.36. The van der Waals surface area contributed by atoms with Crippen molar-refractivity contribution < 1.29 is 13.2 Å². The molecule has 3 rings (SSSR count). The molecule has 0 aliphatic carbocycles. The van der Waals surface area contributed by atoms with Gasteiger partial charge in [-0.25, -0.2) is 8.42 Å². The van der Waals surface area contributed by atoms with Crippen LogP contribution in [-0.2, 0) is 20.2 Å². The number of ether oxygens (including phenoxy) is 1. The average Bonchev–Trinajstić information content (AvgIpc) is 2.62. The summed E-state index contributed by atoms with van der Waals surface area (Å²) in [6.45, 7) is 9.06. The van der Waals surface area contributed by atoms with Crippen LogP contribution in [0.15, 0.2) is 41.3 Å². The molecule has 7 nitrogen and oxygen atoms in total. The molecule has 0 unspecified atom stereocenters. The van der Waals surface area contributed by atoms with Crippen molar-refractivity contribution >= 4 is 21.7 Å². The SMILES string of the molecule is CC(C)(C)c1ccc(S(=O)(=O)Nc2ccc(N3CCOCC3)nn2)cc1. The Morgan fingerprint density at radius 2 is 1.65 bits per heavy atom. The van der Waals surface area contributed by atoms with E-state index < -0.39 is 10.0 Å². The molecule has 0 atom stereocenters. The minimum atomic E-state index is -3.70. The molecule has 1 N–H and O–H groups in total. The monoisotopic (exact) mass is 376 g/mol. The van der Waals surface area contributed by atoms with Crippen molar-refractivity contribution in [3.05, 3.63) is 42.0 Å². The number of nitrogens with one attached hydrogen (secondary N) is 1. The number of morpholine rings is 1. The first-order valence-corrected chi connectivity index (χ1v) is 10.0. The fourth-order valence-electron chi connectivity index (χ4n) is 2.67. The van der Waals surface area contributed by atoms with E-state index in [1.165, 1.54) is 0 Å². The van der Waals surface area contributed by atoms with Gasteiger partial charge in [-0.3, -0.25) is 4.72 Å². The van der Waals surface area contributed by atoms with E-state index in [9.17, 15) is 8.42 Å². The Balaban J connectivity index is 1.72. The van der Waals surface area contributed by atoms with Gasteiger partial charge in [-0.15, -0.1) is 10.2 Å². The Hall–Kier alpha value is -2.19. The first-order chi connectivity index (χ1) is 12.3. The zero-order valence-electron chi connectivity index (χ0n) is 15.3. The van der Waals surface area contributed by atoms with Crippen molar-refractivity contribution in [2.24, 2.45) is 0 Å². The third kappa shape index (κ3) is 4.31. The molecule has 1 fully saturated rings. The van der Waals surface area contributed by atoms with E-state index in [0.29, 0.717) is 19.0 Å². The summed E-state index contributed by atoms with van der Waals surface area (Å²) < 4.78 is 32.9. The van der Waals surface area contributed by atoms with Crippen LogP contribution in [0.4, 0.5) is 11.6 Å². The minimum absolute atomic E-state index is 0.0312. The van der Waals surface area contributed by atoms with E-state index in [1.54, 1.807) is 24.3 Å². The van der Waals surface area contributed by atoms with Gasteiger partial charge in [0, 0.05) is 13.1 Å². The van der Waals surface area contributed by atoms with Gasteiger partial charge in [0.05, 0.1) is 18.1 Å². The summed E-state index contributed by atoms with van der Waals surface area (Å²) >= 11 is 0. The Bertz CT molecular complexity index is 838. The maximum atomic E-state index is 12.5. The fraction of sp³-hybridized carbons (Fsp3) is 0.444. The predicted molar refractivity (Wildman–Crippen MR) is 101 cm³/mol. The Labute approximate surface area is 154 Å². The first-order valence-electron chi connectivity index (χ1n) is 8.55. The first kappa shape index (κ1) is 18.6. The van der Waals surface area contributed by atoms with Gasteiger partial charge in [0.25, 0.3) is 10.0 Å². The molecule has 1 aromatic carbocycles. The highest BCUT2D eigenvalue weighted by Gasteiger charge is 2.19. The van der Waals surface area contributed by atoms with Crippen LogP contribution in [0.2, 0.25) is 0 Å². The van der Waals surface area contributed by atoms with Crippen LogP contribution in [0.3, 0.4) is 0 Å². The molecule has 0 spiro atoms. The van der Waals surface area contributed by atoms with Crippen molar-refractivity contribution in [3.63, 3.8) is 0 Å². The number of hydrogen-bond acceptors (Lipinski definition) is 6. The number of aromatic nitrogens is 2. The van der Waals surface area contributed by atoms with Crippen molar-refractivity contribution in [1.29, 1.82) is 0 Å². The summed E-state index contributed by atoms with van der Waals surface area (Å²) in [5, 5.41) is 8.12. The molecular formula is C18H24N4O3S. The van der Waals surface area contributed by atoms with Crippen LogP contribution in [0.5, 0.6) is 0 Å². The van der Waals surface area contributed by atoms with Crippen LogP contribution in [-0.4, -0.2) is 44.9 Å². The van der Waals surface area contributed by atoms with Gasteiger partial charge in [0.2, 0.25) is 0 Å². The molecule has 26 heavy (non-hydrogen) atoms. The Morgan fingerprint density at radius 1 is 1.00 bits per heavy atom. The molecule has 0 saturated carbocycles. The quantitative estimate of drug-likeness (QED) is 0.882. The molecule has 2 aromatic rings. The van der Waals surface area contributed by atoms with Crippen LogP contribution in [0, 0.1) is 0 Å². The summed E-state index contributed by atoms with van der Waals surface area (Å²) in [5.74, 6) is 0.910. The largest absolute Gasteiger partial charge is 0.378 e. The van der Waals surface area contributed by atoms with Gasteiger partial charge in [-0.05, 0) is 35.2 Å². The minimum Gasteiger partial charge on any atom is -0.378 e. The summed E-state index contributed by atoms with van der Waals surface area (Å²) in [5.41, 5.74) is 1.04. The summed E-state index contributed by atoms with van der Waals surface area (Å²) in [7, 11) is -3.70. The van der Waals surface area contributed by atoms with Crippen LogP contribution < -0.4 is 9.62 Å². The lowest BCUT2D eigenvalue weighted by atomic mass is 9.87. The second-order valence-electron chi connectivity index (χ2n) is 7.26. The highest BCUT2D eigenvalue weighted by atomic mass is 32.2. The molecule has 1 saturated heterocycles. The van der Waals surface area contributed by atoms with Crippen LogP contribution in [0.1, 0.15) is 26.3 Å². The van der Waals surface area contributed by atoms with Gasteiger partial charge < -0.3 is 9.64 Å². The Kier molecular flexibility index (Phi) is 5.15. The highest BCUT2D eigenvalue weighted by Crippen LogP contribution is 2.24. The Morgan fingerprint density at radius 3 is 2.19 bits per heavy atom. The summed E-state index contributed by atoms with van der Waals surface area (Å²) in [6.07, 6.45) is 0. The fourth-order valence-corrected chi connectivity index (χ4v) is 3.67. The smallest absolute Gasteiger partial charge is 0.263 e. The van der Waals surface area contributed by atoms with E-state index >= 15 is 0 Å². The predicted octanol–water partition coefficient (Wildman–Crippen LogP) is 2.41. The van der Waals surface area contributed by atoms with E-state index in [2.05, 4.69) is 40.6 Å². The molecule has 0 radical (unpaired) electrons. The topological polar surface area (TPSA) is 84.4 Å². The number of hydrogen-bond donors (Lipinski definition) is 1. The molecule has 0 amide bonds.